The normalized spacial score (nSPS) is 24.8. The van der Waals surface area contributed by atoms with Crippen molar-refractivity contribution < 1.29 is 8.42 Å². The van der Waals surface area contributed by atoms with Crippen LogP contribution in [0.25, 0.3) is 0 Å². The molecule has 1 aliphatic rings. The summed E-state index contributed by atoms with van der Waals surface area (Å²) in [6, 6.07) is 8.00. The molecular weight excluding hydrogens is 248 g/mol. The molecule has 18 heavy (non-hydrogen) atoms. The van der Waals surface area contributed by atoms with E-state index in [1.165, 1.54) is 18.4 Å². The highest BCUT2D eigenvalue weighted by Crippen LogP contribution is 2.29. The predicted octanol–water partition coefficient (Wildman–Crippen LogP) is 2.12. The van der Waals surface area contributed by atoms with Gasteiger partial charge in [-0.2, -0.15) is 0 Å². The Bertz CT molecular complexity index is 496. The molecular formula is C13H20N2O2S. The van der Waals surface area contributed by atoms with Crippen molar-refractivity contribution in [2.75, 3.05) is 17.5 Å². The minimum Gasteiger partial charge on any atom is -0.310 e. The van der Waals surface area contributed by atoms with Gasteiger partial charge in [-0.3, -0.25) is 4.72 Å². The van der Waals surface area contributed by atoms with E-state index in [-0.39, 0.29) is 0 Å². The Morgan fingerprint density at radius 1 is 1.28 bits per heavy atom. The summed E-state index contributed by atoms with van der Waals surface area (Å²) >= 11 is 0. The van der Waals surface area contributed by atoms with Gasteiger partial charge in [0.2, 0.25) is 10.0 Å². The van der Waals surface area contributed by atoms with Gasteiger partial charge in [0.15, 0.2) is 0 Å². The van der Waals surface area contributed by atoms with E-state index in [0.29, 0.717) is 17.6 Å². The number of nitrogens with one attached hydrogen (secondary N) is 2. The first-order chi connectivity index (χ1) is 8.46. The average molecular weight is 268 g/mol. The van der Waals surface area contributed by atoms with Crippen molar-refractivity contribution in [3.05, 3.63) is 29.8 Å². The van der Waals surface area contributed by atoms with Gasteiger partial charge in [0.05, 0.1) is 6.26 Å². The quantitative estimate of drug-likeness (QED) is 0.883. The van der Waals surface area contributed by atoms with Crippen molar-refractivity contribution in [2.45, 2.75) is 25.8 Å². The lowest BCUT2D eigenvalue weighted by atomic mass is 9.88. The Morgan fingerprint density at radius 3 is 2.50 bits per heavy atom. The molecule has 2 N–H and O–H groups in total. The SMILES string of the molecule is CC1CCCNC1c1ccc(NS(C)(=O)=O)cc1. The summed E-state index contributed by atoms with van der Waals surface area (Å²) < 4.78 is 24.7. The maximum atomic E-state index is 11.1. The molecule has 0 amide bonds. The second kappa shape index (κ2) is 5.28. The average Bonchev–Trinajstić information content (AvgIpc) is 2.29. The summed E-state index contributed by atoms with van der Waals surface area (Å²) in [5.74, 6) is 0.618. The first-order valence-corrected chi connectivity index (χ1v) is 8.16. The summed E-state index contributed by atoms with van der Waals surface area (Å²) in [7, 11) is -3.19. The highest BCUT2D eigenvalue weighted by atomic mass is 32.2. The zero-order valence-corrected chi connectivity index (χ0v) is 11.6. The first-order valence-electron chi connectivity index (χ1n) is 6.27. The van der Waals surface area contributed by atoms with E-state index in [1.54, 1.807) is 0 Å². The van der Waals surface area contributed by atoms with E-state index in [1.807, 2.05) is 24.3 Å². The lowest BCUT2D eigenvalue weighted by Gasteiger charge is -2.30. The summed E-state index contributed by atoms with van der Waals surface area (Å²) in [4.78, 5) is 0. The molecule has 0 spiro atoms. The largest absolute Gasteiger partial charge is 0.310 e. The van der Waals surface area contributed by atoms with Gasteiger partial charge in [0.1, 0.15) is 0 Å². The van der Waals surface area contributed by atoms with E-state index in [0.717, 1.165) is 12.8 Å². The molecule has 5 heteroatoms. The first kappa shape index (κ1) is 13.4. The maximum absolute atomic E-state index is 11.1. The molecule has 2 atom stereocenters. The van der Waals surface area contributed by atoms with Crippen LogP contribution in [0, 0.1) is 5.92 Å². The lowest BCUT2D eigenvalue weighted by Crippen LogP contribution is -2.32. The smallest absolute Gasteiger partial charge is 0.229 e. The summed E-state index contributed by atoms with van der Waals surface area (Å²) in [6.07, 6.45) is 3.62. The third-order valence-corrected chi connectivity index (χ3v) is 3.95. The third-order valence-electron chi connectivity index (χ3n) is 3.34. The molecule has 0 aromatic heterocycles. The van der Waals surface area contributed by atoms with Crippen molar-refractivity contribution in [2.24, 2.45) is 5.92 Å². The van der Waals surface area contributed by atoms with Crippen LogP contribution < -0.4 is 10.0 Å². The van der Waals surface area contributed by atoms with Crippen LogP contribution in [0.5, 0.6) is 0 Å². The van der Waals surface area contributed by atoms with Crippen LogP contribution in [-0.4, -0.2) is 21.2 Å². The predicted molar refractivity (Wildman–Crippen MR) is 74.1 cm³/mol. The Morgan fingerprint density at radius 2 is 1.94 bits per heavy atom. The molecule has 1 aromatic carbocycles. The van der Waals surface area contributed by atoms with Crippen LogP contribution in [0.3, 0.4) is 0 Å². The highest BCUT2D eigenvalue weighted by Gasteiger charge is 2.21. The number of benzene rings is 1. The molecule has 1 heterocycles. The van der Waals surface area contributed by atoms with Crippen molar-refractivity contribution in [1.29, 1.82) is 0 Å². The summed E-state index contributed by atoms with van der Waals surface area (Å²) in [6.45, 7) is 3.30. The fourth-order valence-corrected chi connectivity index (χ4v) is 3.03. The van der Waals surface area contributed by atoms with Crippen LogP contribution in [0.2, 0.25) is 0 Å². The maximum Gasteiger partial charge on any atom is 0.229 e. The summed E-state index contributed by atoms with van der Waals surface area (Å²) in [5, 5.41) is 3.51. The number of hydrogen-bond acceptors (Lipinski definition) is 3. The molecule has 0 aliphatic carbocycles. The van der Waals surface area contributed by atoms with E-state index < -0.39 is 10.0 Å². The van der Waals surface area contributed by atoms with E-state index in [2.05, 4.69) is 17.0 Å². The Hall–Kier alpha value is -1.07. The Labute approximate surface area is 109 Å². The van der Waals surface area contributed by atoms with Crippen LogP contribution in [0.15, 0.2) is 24.3 Å². The second-order valence-corrected chi connectivity index (χ2v) is 6.80. The number of piperidine rings is 1. The second-order valence-electron chi connectivity index (χ2n) is 5.05. The fraction of sp³-hybridized carbons (Fsp3) is 0.538. The van der Waals surface area contributed by atoms with Gasteiger partial charge in [0.25, 0.3) is 0 Å². The minimum atomic E-state index is -3.19. The lowest BCUT2D eigenvalue weighted by molar-refractivity contribution is 0.306. The van der Waals surface area contributed by atoms with Gasteiger partial charge in [-0.05, 0) is 43.0 Å². The van der Waals surface area contributed by atoms with Gasteiger partial charge in [-0.15, -0.1) is 0 Å². The molecule has 0 saturated carbocycles. The van der Waals surface area contributed by atoms with Gasteiger partial charge < -0.3 is 5.32 Å². The minimum absolute atomic E-state index is 0.381. The highest BCUT2D eigenvalue weighted by molar-refractivity contribution is 7.92. The standard InChI is InChI=1S/C13H20N2O2S/c1-10-4-3-9-14-13(10)11-5-7-12(8-6-11)15-18(2,16)17/h5-8,10,13-15H,3-4,9H2,1-2H3. The molecule has 1 saturated heterocycles. The van der Waals surface area contributed by atoms with Crippen LogP contribution in [-0.2, 0) is 10.0 Å². The molecule has 1 fully saturated rings. The third kappa shape index (κ3) is 3.46. The molecule has 0 radical (unpaired) electrons. The van der Waals surface area contributed by atoms with Crippen molar-refractivity contribution in [3.63, 3.8) is 0 Å². The molecule has 1 aromatic rings. The van der Waals surface area contributed by atoms with Gasteiger partial charge in [-0.1, -0.05) is 19.1 Å². The number of rotatable bonds is 3. The summed E-state index contributed by atoms with van der Waals surface area (Å²) in [5.41, 5.74) is 1.84. The topological polar surface area (TPSA) is 58.2 Å². The number of hydrogen-bond donors (Lipinski definition) is 2. The Kier molecular flexibility index (Phi) is 3.92. The fourth-order valence-electron chi connectivity index (χ4n) is 2.47. The zero-order chi connectivity index (χ0) is 13.2. The van der Waals surface area contributed by atoms with Crippen LogP contribution in [0.1, 0.15) is 31.4 Å². The van der Waals surface area contributed by atoms with Crippen molar-refractivity contribution in [1.82, 2.24) is 5.32 Å². The van der Waals surface area contributed by atoms with Crippen molar-refractivity contribution >= 4 is 15.7 Å². The van der Waals surface area contributed by atoms with Crippen LogP contribution in [0.4, 0.5) is 5.69 Å². The molecule has 2 unspecified atom stereocenters. The molecule has 1 aliphatic heterocycles. The molecule has 4 nitrogen and oxygen atoms in total. The molecule has 2 rings (SSSR count). The van der Waals surface area contributed by atoms with Gasteiger partial charge in [0, 0.05) is 11.7 Å². The van der Waals surface area contributed by atoms with Crippen LogP contribution >= 0.6 is 0 Å². The number of sulfonamides is 1. The van der Waals surface area contributed by atoms with Gasteiger partial charge >= 0.3 is 0 Å². The molecule has 0 bridgehead atoms. The van der Waals surface area contributed by atoms with Gasteiger partial charge in [-0.25, -0.2) is 8.42 Å². The van der Waals surface area contributed by atoms with E-state index >= 15 is 0 Å². The van der Waals surface area contributed by atoms with Crippen molar-refractivity contribution in [3.8, 4) is 0 Å². The van der Waals surface area contributed by atoms with E-state index in [9.17, 15) is 8.42 Å². The molecule has 100 valence electrons. The zero-order valence-electron chi connectivity index (χ0n) is 10.8. The monoisotopic (exact) mass is 268 g/mol. The van der Waals surface area contributed by atoms with E-state index in [4.69, 9.17) is 0 Å². The number of anilines is 1. The Balaban J connectivity index is 2.12.